The fourth-order valence-corrected chi connectivity index (χ4v) is 2.03. The molecule has 4 heteroatoms. The first kappa shape index (κ1) is 15.4. The average Bonchev–Trinajstić information content (AvgIpc) is 2.35. The zero-order valence-electron chi connectivity index (χ0n) is 11.2. The number of rotatable bonds is 8. The molecule has 0 aromatic heterocycles. The Morgan fingerprint density at radius 1 is 1.28 bits per heavy atom. The third-order valence-electron chi connectivity index (χ3n) is 2.92. The van der Waals surface area contributed by atoms with Crippen LogP contribution in [0.2, 0.25) is 5.02 Å². The van der Waals surface area contributed by atoms with Crippen LogP contribution in [-0.2, 0) is 6.54 Å². The molecule has 18 heavy (non-hydrogen) atoms. The third kappa shape index (κ3) is 5.34. The highest BCUT2D eigenvalue weighted by atomic mass is 35.5. The van der Waals surface area contributed by atoms with Gasteiger partial charge in [-0.15, -0.1) is 0 Å². The van der Waals surface area contributed by atoms with E-state index in [0.717, 1.165) is 26.2 Å². The van der Waals surface area contributed by atoms with Crippen molar-refractivity contribution >= 4 is 11.6 Å². The van der Waals surface area contributed by atoms with Crippen LogP contribution in [0.4, 0.5) is 4.39 Å². The van der Waals surface area contributed by atoms with Gasteiger partial charge < -0.3 is 10.2 Å². The molecule has 0 aliphatic heterocycles. The number of hydrogen-bond acceptors (Lipinski definition) is 2. The van der Waals surface area contributed by atoms with Crippen LogP contribution in [0.5, 0.6) is 0 Å². The van der Waals surface area contributed by atoms with Gasteiger partial charge in [-0.3, -0.25) is 0 Å². The van der Waals surface area contributed by atoms with Crippen LogP contribution in [-0.4, -0.2) is 31.1 Å². The van der Waals surface area contributed by atoms with Gasteiger partial charge in [0, 0.05) is 30.2 Å². The largest absolute Gasteiger partial charge is 0.311 e. The lowest BCUT2D eigenvalue weighted by molar-refractivity contribution is 0.287. The Morgan fingerprint density at radius 3 is 2.67 bits per heavy atom. The Morgan fingerprint density at radius 2 is 2.06 bits per heavy atom. The SMILES string of the molecule is CCCN(CC)CCNCc1ccc(Cl)cc1F. The molecule has 0 amide bonds. The highest BCUT2D eigenvalue weighted by molar-refractivity contribution is 6.30. The van der Waals surface area contributed by atoms with Gasteiger partial charge >= 0.3 is 0 Å². The summed E-state index contributed by atoms with van der Waals surface area (Å²) in [5.74, 6) is -0.240. The third-order valence-corrected chi connectivity index (χ3v) is 3.16. The van der Waals surface area contributed by atoms with Gasteiger partial charge in [-0.25, -0.2) is 4.39 Å². The van der Waals surface area contributed by atoms with E-state index in [9.17, 15) is 4.39 Å². The highest BCUT2D eigenvalue weighted by Gasteiger charge is 2.03. The standard InChI is InChI=1S/C14H22ClFN2/c1-3-8-18(4-2)9-7-17-11-12-5-6-13(15)10-14(12)16/h5-6,10,17H,3-4,7-9,11H2,1-2H3. The van der Waals surface area contributed by atoms with Crippen molar-refractivity contribution in [3.8, 4) is 0 Å². The predicted octanol–water partition coefficient (Wildman–Crippen LogP) is 3.30. The summed E-state index contributed by atoms with van der Waals surface area (Å²) in [4.78, 5) is 2.38. The van der Waals surface area contributed by atoms with E-state index < -0.39 is 0 Å². The zero-order chi connectivity index (χ0) is 13.4. The summed E-state index contributed by atoms with van der Waals surface area (Å²) >= 11 is 5.71. The fourth-order valence-electron chi connectivity index (χ4n) is 1.87. The minimum absolute atomic E-state index is 0.240. The molecule has 1 rings (SSSR count). The maximum atomic E-state index is 13.5. The van der Waals surface area contributed by atoms with Crippen molar-refractivity contribution in [1.29, 1.82) is 0 Å². The fraction of sp³-hybridized carbons (Fsp3) is 0.571. The lowest BCUT2D eigenvalue weighted by Crippen LogP contribution is -2.32. The molecular weight excluding hydrogens is 251 g/mol. The van der Waals surface area contributed by atoms with E-state index >= 15 is 0 Å². The maximum absolute atomic E-state index is 13.5. The molecule has 0 bridgehead atoms. The summed E-state index contributed by atoms with van der Waals surface area (Å²) in [6, 6.07) is 4.80. The van der Waals surface area contributed by atoms with Gasteiger partial charge in [0.25, 0.3) is 0 Å². The van der Waals surface area contributed by atoms with Crippen molar-refractivity contribution in [2.24, 2.45) is 0 Å². The number of hydrogen-bond donors (Lipinski definition) is 1. The smallest absolute Gasteiger partial charge is 0.129 e. The van der Waals surface area contributed by atoms with Gasteiger partial charge in [-0.05, 0) is 31.6 Å². The van der Waals surface area contributed by atoms with Gasteiger partial charge in [0.1, 0.15) is 5.82 Å². The van der Waals surface area contributed by atoms with E-state index in [1.165, 1.54) is 12.5 Å². The molecule has 0 heterocycles. The second kappa shape index (κ2) is 8.46. The number of nitrogens with zero attached hydrogens (tertiary/aromatic N) is 1. The monoisotopic (exact) mass is 272 g/mol. The molecule has 0 saturated carbocycles. The molecule has 0 spiro atoms. The van der Waals surface area contributed by atoms with E-state index in [0.29, 0.717) is 17.1 Å². The first-order valence-corrected chi connectivity index (χ1v) is 6.92. The average molecular weight is 273 g/mol. The van der Waals surface area contributed by atoms with E-state index in [1.54, 1.807) is 12.1 Å². The van der Waals surface area contributed by atoms with Crippen molar-refractivity contribution in [2.75, 3.05) is 26.2 Å². The second-order valence-corrected chi connectivity index (χ2v) is 4.78. The first-order chi connectivity index (χ1) is 8.67. The van der Waals surface area contributed by atoms with Crippen LogP contribution in [0.15, 0.2) is 18.2 Å². The minimum Gasteiger partial charge on any atom is -0.311 e. The molecule has 0 unspecified atom stereocenters. The highest BCUT2D eigenvalue weighted by Crippen LogP contribution is 2.14. The zero-order valence-corrected chi connectivity index (χ0v) is 11.9. The van der Waals surface area contributed by atoms with Crippen LogP contribution in [0.3, 0.4) is 0 Å². The van der Waals surface area contributed by atoms with E-state index in [-0.39, 0.29) is 5.82 Å². The summed E-state index contributed by atoms with van der Waals surface area (Å²) < 4.78 is 13.5. The summed E-state index contributed by atoms with van der Waals surface area (Å²) in [6.45, 7) is 8.94. The Balaban J connectivity index is 2.29. The van der Waals surface area contributed by atoms with Crippen LogP contribution in [0.25, 0.3) is 0 Å². The van der Waals surface area contributed by atoms with Gasteiger partial charge in [0.2, 0.25) is 0 Å². The normalized spacial score (nSPS) is 11.2. The van der Waals surface area contributed by atoms with Crippen LogP contribution < -0.4 is 5.32 Å². The van der Waals surface area contributed by atoms with Crippen molar-refractivity contribution in [3.05, 3.63) is 34.6 Å². The Labute approximate surface area is 114 Å². The second-order valence-electron chi connectivity index (χ2n) is 4.35. The molecule has 0 aliphatic carbocycles. The summed E-state index contributed by atoms with van der Waals surface area (Å²) in [5.41, 5.74) is 0.665. The first-order valence-electron chi connectivity index (χ1n) is 6.54. The number of nitrogens with one attached hydrogen (secondary N) is 1. The number of halogens is 2. The molecule has 0 aliphatic rings. The number of benzene rings is 1. The van der Waals surface area contributed by atoms with Crippen molar-refractivity contribution < 1.29 is 4.39 Å². The van der Waals surface area contributed by atoms with Gasteiger partial charge in [-0.2, -0.15) is 0 Å². The topological polar surface area (TPSA) is 15.3 Å². The number of likely N-dealkylation sites (N-methyl/N-ethyl adjacent to an activating group) is 1. The summed E-state index contributed by atoms with van der Waals surface area (Å²) in [5, 5.41) is 3.70. The van der Waals surface area contributed by atoms with Crippen LogP contribution in [0.1, 0.15) is 25.8 Å². The molecular formula is C14H22ClFN2. The molecule has 0 saturated heterocycles. The molecule has 1 aromatic carbocycles. The quantitative estimate of drug-likeness (QED) is 0.731. The molecule has 1 N–H and O–H groups in total. The van der Waals surface area contributed by atoms with Crippen LogP contribution >= 0.6 is 11.6 Å². The summed E-state index contributed by atoms with van der Waals surface area (Å²) in [6.07, 6.45) is 1.17. The molecule has 102 valence electrons. The molecule has 0 atom stereocenters. The van der Waals surface area contributed by atoms with Crippen molar-refractivity contribution in [3.63, 3.8) is 0 Å². The van der Waals surface area contributed by atoms with Crippen molar-refractivity contribution in [1.82, 2.24) is 10.2 Å². The van der Waals surface area contributed by atoms with E-state index in [1.807, 2.05) is 0 Å². The van der Waals surface area contributed by atoms with Gasteiger partial charge in [0.15, 0.2) is 0 Å². The Bertz CT molecular complexity index is 358. The predicted molar refractivity (Wildman–Crippen MR) is 75.5 cm³/mol. The van der Waals surface area contributed by atoms with Crippen LogP contribution in [0, 0.1) is 5.82 Å². The molecule has 0 radical (unpaired) electrons. The van der Waals surface area contributed by atoms with Gasteiger partial charge in [-0.1, -0.05) is 31.5 Å². The summed E-state index contributed by atoms with van der Waals surface area (Å²) in [7, 11) is 0. The Kier molecular flexibility index (Phi) is 7.25. The van der Waals surface area contributed by atoms with Gasteiger partial charge in [0.05, 0.1) is 0 Å². The molecule has 2 nitrogen and oxygen atoms in total. The lowest BCUT2D eigenvalue weighted by atomic mass is 10.2. The minimum atomic E-state index is -0.240. The maximum Gasteiger partial charge on any atom is 0.129 e. The lowest BCUT2D eigenvalue weighted by Gasteiger charge is -2.19. The Hall–Kier alpha value is -0.640. The molecule has 0 fully saturated rings. The van der Waals surface area contributed by atoms with Crippen molar-refractivity contribution in [2.45, 2.75) is 26.8 Å². The van der Waals surface area contributed by atoms with E-state index in [4.69, 9.17) is 11.6 Å². The van der Waals surface area contributed by atoms with E-state index in [2.05, 4.69) is 24.1 Å². The molecule has 1 aromatic rings.